The third-order valence-corrected chi connectivity index (χ3v) is 2.76. The van der Waals surface area contributed by atoms with E-state index >= 15 is 0 Å². The first-order chi connectivity index (χ1) is 8.18. The maximum atomic E-state index is 5.97. The molecule has 0 unspecified atom stereocenters. The van der Waals surface area contributed by atoms with Crippen molar-refractivity contribution in [3.8, 4) is 11.5 Å². The van der Waals surface area contributed by atoms with Crippen molar-refractivity contribution in [3.05, 3.63) is 17.4 Å². The third-order valence-electron chi connectivity index (χ3n) is 2.48. The van der Waals surface area contributed by atoms with Crippen LogP contribution in [0.2, 0.25) is 5.15 Å². The Bertz CT molecular complexity index is 703. The first-order valence-electron chi connectivity index (χ1n) is 4.74. The van der Waals surface area contributed by atoms with E-state index in [1.165, 1.54) is 0 Å². The third kappa shape index (κ3) is 1.36. The smallest absolute Gasteiger partial charge is 0.199 e. The molecule has 3 aromatic heterocycles. The molecule has 0 amide bonds. The van der Waals surface area contributed by atoms with Gasteiger partial charge in [-0.2, -0.15) is 0 Å². The van der Waals surface area contributed by atoms with Gasteiger partial charge < -0.3 is 10.3 Å². The van der Waals surface area contributed by atoms with E-state index in [1.54, 1.807) is 16.8 Å². The number of rotatable bonds is 1. The lowest BCUT2D eigenvalue weighted by Gasteiger charge is -1.97. The maximum absolute atomic E-state index is 5.97. The van der Waals surface area contributed by atoms with Crippen LogP contribution in [-0.4, -0.2) is 24.8 Å². The topological polar surface area (TPSA) is 95.7 Å². The van der Waals surface area contributed by atoms with E-state index in [0.29, 0.717) is 22.2 Å². The number of pyridine rings is 1. The second-order valence-electron chi connectivity index (χ2n) is 3.46. The molecule has 0 saturated heterocycles. The molecule has 0 bridgehead atoms. The second-order valence-corrected chi connectivity index (χ2v) is 3.82. The summed E-state index contributed by atoms with van der Waals surface area (Å²) >= 11 is 5.97. The van der Waals surface area contributed by atoms with Crippen LogP contribution >= 0.6 is 11.6 Å². The van der Waals surface area contributed by atoms with Crippen LogP contribution in [0.1, 0.15) is 0 Å². The Morgan fingerprint density at radius 3 is 2.88 bits per heavy atom. The number of aryl methyl sites for hydroxylation is 1. The first kappa shape index (κ1) is 10.0. The molecule has 2 N–H and O–H groups in total. The lowest BCUT2D eigenvalue weighted by molar-refractivity contribution is 0.310. The fourth-order valence-corrected chi connectivity index (χ4v) is 1.85. The van der Waals surface area contributed by atoms with E-state index in [0.717, 1.165) is 5.52 Å². The molecule has 3 aromatic rings. The number of fused-ring (bicyclic) bond motifs is 1. The standard InChI is InChI=1S/C9H7ClN6O/c1-16-4-2-3-12-7(10)5(4)13-9(16)6-8(11)15-17-14-6/h2-3H,1H3,(H2,11,15). The predicted octanol–water partition coefficient (Wildman–Crippen LogP) is 1.25. The van der Waals surface area contributed by atoms with Gasteiger partial charge >= 0.3 is 0 Å². The van der Waals surface area contributed by atoms with Gasteiger partial charge in [-0.1, -0.05) is 11.6 Å². The van der Waals surface area contributed by atoms with Crippen LogP contribution in [0.25, 0.3) is 22.6 Å². The number of anilines is 1. The largest absolute Gasteiger partial charge is 0.379 e. The fourth-order valence-electron chi connectivity index (χ4n) is 1.65. The molecule has 0 aliphatic carbocycles. The normalized spacial score (nSPS) is 11.2. The van der Waals surface area contributed by atoms with Gasteiger partial charge in [-0.15, -0.1) is 0 Å². The number of nitrogens with zero attached hydrogens (tertiary/aromatic N) is 5. The molecule has 0 fully saturated rings. The molecule has 86 valence electrons. The summed E-state index contributed by atoms with van der Waals surface area (Å²) in [7, 11) is 1.83. The van der Waals surface area contributed by atoms with Crippen molar-refractivity contribution >= 4 is 28.5 Å². The van der Waals surface area contributed by atoms with E-state index in [4.69, 9.17) is 17.3 Å². The second kappa shape index (κ2) is 3.42. The molecule has 0 aliphatic heterocycles. The molecule has 7 nitrogen and oxygen atoms in total. The number of hydrogen-bond donors (Lipinski definition) is 1. The molecule has 0 spiro atoms. The molecule has 3 heterocycles. The molecule has 0 aliphatic rings. The zero-order valence-corrected chi connectivity index (χ0v) is 9.51. The maximum Gasteiger partial charge on any atom is 0.199 e. The highest BCUT2D eigenvalue weighted by Crippen LogP contribution is 2.27. The minimum Gasteiger partial charge on any atom is -0.379 e. The monoisotopic (exact) mass is 250 g/mol. The summed E-state index contributed by atoms with van der Waals surface area (Å²) in [6.45, 7) is 0. The Morgan fingerprint density at radius 2 is 2.24 bits per heavy atom. The molecular formula is C9H7ClN6O. The summed E-state index contributed by atoms with van der Waals surface area (Å²) in [4.78, 5) is 8.31. The predicted molar refractivity (Wildman–Crippen MR) is 61.2 cm³/mol. The minimum atomic E-state index is 0.187. The molecule has 0 atom stereocenters. The summed E-state index contributed by atoms with van der Waals surface area (Å²) in [5.41, 5.74) is 7.45. The summed E-state index contributed by atoms with van der Waals surface area (Å²) in [5.74, 6) is 0.723. The van der Waals surface area contributed by atoms with Gasteiger partial charge in [0.2, 0.25) is 0 Å². The van der Waals surface area contributed by atoms with Gasteiger partial charge in [0.05, 0.1) is 5.52 Å². The van der Waals surface area contributed by atoms with Crippen LogP contribution in [0.4, 0.5) is 5.82 Å². The lowest BCUT2D eigenvalue weighted by atomic mass is 10.4. The van der Waals surface area contributed by atoms with Gasteiger partial charge in [-0.25, -0.2) is 14.6 Å². The van der Waals surface area contributed by atoms with E-state index in [1.807, 2.05) is 7.05 Å². The Labute approximate surface area is 100 Å². The van der Waals surface area contributed by atoms with Gasteiger partial charge in [0.15, 0.2) is 22.5 Å². The van der Waals surface area contributed by atoms with Crippen LogP contribution in [0.15, 0.2) is 16.9 Å². The first-order valence-corrected chi connectivity index (χ1v) is 5.11. The van der Waals surface area contributed by atoms with Crippen molar-refractivity contribution < 1.29 is 4.63 Å². The number of imidazole rings is 1. The Morgan fingerprint density at radius 1 is 1.41 bits per heavy atom. The van der Waals surface area contributed by atoms with Crippen molar-refractivity contribution in [2.75, 3.05) is 5.73 Å². The zero-order valence-electron chi connectivity index (χ0n) is 8.75. The van der Waals surface area contributed by atoms with E-state index in [-0.39, 0.29) is 5.82 Å². The van der Waals surface area contributed by atoms with Gasteiger partial charge in [0.1, 0.15) is 5.52 Å². The highest BCUT2D eigenvalue weighted by atomic mass is 35.5. The van der Waals surface area contributed by atoms with Crippen LogP contribution in [-0.2, 0) is 7.05 Å². The van der Waals surface area contributed by atoms with Crippen LogP contribution in [0.3, 0.4) is 0 Å². The lowest BCUT2D eigenvalue weighted by Crippen LogP contribution is -1.96. The highest BCUT2D eigenvalue weighted by Gasteiger charge is 2.18. The quantitative estimate of drug-likeness (QED) is 0.653. The van der Waals surface area contributed by atoms with Crippen LogP contribution in [0.5, 0.6) is 0 Å². The minimum absolute atomic E-state index is 0.187. The van der Waals surface area contributed by atoms with E-state index in [9.17, 15) is 0 Å². The molecular weight excluding hydrogens is 244 g/mol. The number of aromatic nitrogens is 5. The Balaban J connectivity index is 2.36. The molecule has 0 saturated carbocycles. The number of nitrogens with two attached hydrogens (primary N) is 1. The van der Waals surface area contributed by atoms with Crippen molar-refractivity contribution in [2.45, 2.75) is 0 Å². The summed E-state index contributed by atoms with van der Waals surface area (Å²) in [6, 6.07) is 1.81. The van der Waals surface area contributed by atoms with Crippen molar-refractivity contribution in [2.24, 2.45) is 7.05 Å². The molecule has 3 rings (SSSR count). The molecule has 17 heavy (non-hydrogen) atoms. The summed E-state index contributed by atoms with van der Waals surface area (Å²) < 4.78 is 6.36. The van der Waals surface area contributed by atoms with Gasteiger partial charge in [-0.05, 0) is 16.4 Å². The summed E-state index contributed by atoms with van der Waals surface area (Å²) in [6.07, 6.45) is 1.61. The fraction of sp³-hybridized carbons (Fsp3) is 0.111. The van der Waals surface area contributed by atoms with Gasteiger partial charge in [-0.3, -0.25) is 0 Å². The van der Waals surface area contributed by atoms with E-state index < -0.39 is 0 Å². The van der Waals surface area contributed by atoms with Gasteiger partial charge in [0, 0.05) is 13.2 Å². The van der Waals surface area contributed by atoms with Crippen molar-refractivity contribution in [3.63, 3.8) is 0 Å². The average Bonchev–Trinajstić information content (AvgIpc) is 2.85. The van der Waals surface area contributed by atoms with E-state index in [2.05, 4.69) is 24.9 Å². The zero-order chi connectivity index (χ0) is 12.0. The number of nitrogen functional groups attached to an aromatic ring is 1. The van der Waals surface area contributed by atoms with Crippen molar-refractivity contribution in [1.29, 1.82) is 0 Å². The molecule has 0 aromatic carbocycles. The Hall–Kier alpha value is -2.15. The molecule has 0 radical (unpaired) electrons. The summed E-state index contributed by atoms with van der Waals surface area (Å²) in [5, 5.41) is 7.56. The Kier molecular flexibility index (Phi) is 2.02. The molecule has 8 heteroatoms. The SMILES string of the molecule is Cn1c(-c2nonc2N)nc2c(Cl)nccc21. The van der Waals surface area contributed by atoms with Crippen LogP contribution < -0.4 is 5.73 Å². The van der Waals surface area contributed by atoms with Crippen LogP contribution in [0, 0.1) is 0 Å². The highest BCUT2D eigenvalue weighted by molar-refractivity contribution is 6.33. The number of hydrogen-bond acceptors (Lipinski definition) is 6. The number of halogens is 1. The van der Waals surface area contributed by atoms with Crippen molar-refractivity contribution in [1.82, 2.24) is 24.8 Å². The average molecular weight is 251 g/mol. The van der Waals surface area contributed by atoms with Gasteiger partial charge in [0.25, 0.3) is 0 Å².